The van der Waals surface area contributed by atoms with Crippen LogP contribution < -0.4 is 10.6 Å². The van der Waals surface area contributed by atoms with Gasteiger partial charge in [0.15, 0.2) is 23.2 Å². The van der Waals surface area contributed by atoms with Crippen LogP contribution in [0.1, 0.15) is 18.3 Å². The van der Waals surface area contributed by atoms with Crippen molar-refractivity contribution in [2.45, 2.75) is 19.4 Å². The van der Waals surface area contributed by atoms with Crippen LogP contribution in [0.15, 0.2) is 41.5 Å². The fourth-order valence-corrected chi connectivity index (χ4v) is 2.65. The van der Waals surface area contributed by atoms with Crippen molar-refractivity contribution in [1.82, 2.24) is 9.97 Å². The Kier molecular flexibility index (Phi) is 5.62. The number of ketones is 1. The molecule has 0 unspecified atom stereocenters. The van der Waals surface area contributed by atoms with Crippen LogP contribution in [0.4, 0.5) is 23.4 Å². The number of alkyl halides is 2. The summed E-state index contributed by atoms with van der Waals surface area (Å²) in [6.07, 6.45) is 2.00. The van der Waals surface area contributed by atoms with Crippen LogP contribution in [0.5, 0.6) is 0 Å². The fourth-order valence-electron chi connectivity index (χ4n) is 2.65. The maximum atomic E-state index is 13.9. The minimum atomic E-state index is -2.90. The molecule has 0 spiro atoms. The van der Waals surface area contributed by atoms with Crippen molar-refractivity contribution >= 4 is 23.0 Å². The number of aromatic nitrogens is 2. The molecular weight excluding hydrogens is 390 g/mol. The molecule has 29 heavy (non-hydrogen) atoms. The summed E-state index contributed by atoms with van der Waals surface area (Å²) in [5, 5.41) is 0. The topological polar surface area (TPSA) is 84.5 Å². The molecule has 0 bridgehead atoms. The standard InChI is InChI=1S/C19H17F4N5O/c1-11(29)16(25-7-12-4-2-3-5-13(12)20)6-15(24)17-26-8-14(21)18(27-17)28-9-19(22,23)10-28/h2-6,8H,7,9-10,24H2,1H3. The second kappa shape index (κ2) is 7.98. The summed E-state index contributed by atoms with van der Waals surface area (Å²) in [4.78, 5) is 24.6. The Morgan fingerprint density at radius 3 is 2.59 bits per heavy atom. The van der Waals surface area contributed by atoms with Gasteiger partial charge in [0.2, 0.25) is 0 Å². The van der Waals surface area contributed by atoms with Gasteiger partial charge in [-0.15, -0.1) is 0 Å². The number of Topliss-reactive ketones (excluding diaryl/α,β-unsaturated/α-hetero) is 1. The minimum Gasteiger partial charge on any atom is -0.396 e. The SMILES string of the molecule is CC(=O)C(C=C(N)c1ncc(F)c(N2CC(F)(F)C2)n1)=NCc1ccccc1F. The molecule has 1 aromatic carbocycles. The van der Waals surface area contributed by atoms with Crippen molar-refractivity contribution in [3.05, 3.63) is 59.6 Å². The number of aliphatic imine (C=N–C) groups is 1. The zero-order chi connectivity index (χ0) is 21.2. The predicted octanol–water partition coefficient (Wildman–Crippen LogP) is 2.74. The summed E-state index contributed by atoms with van der Waals surface area (Å²) in [5.74, 6) is -5.11. The Labute approximate surface area is 163 Å². The van der Waals surface area contributed by atoms with E-state index in [-0.39, 0.29) is 35.2 Å². The van der Waals surface area contributed by atoms with Gasteiger partial charge in [-0.05, 0) is 12.1 Å². The molecule has 0 radical (unpaired) electrons. The van der Waals surface area contributed by atoms with E-state index in [9.17, 15) is 22.4 Å². The van der Waals surface area contributed by atoms with Crippen molar-refractivity contribution in [2.24, 2.45) is 10.7 Å². The lowest BCUT2D eigenvalue weighted by Crippen LogP contribution is -2.57. The largest absolute Gasteiger partial charge is 0.396 e. The van der Waals surface area contributed by atoms with Gasteiger partial charge in [-0.25, -0.2) is 27.5 Å². The quantitative estimate of drug-likeness (QED) is 0.588. The van der Waals surface area contributed by atoms with Gasteiger partial charge >= 0.3 is 0 Å². The molecule has 1 fully saturated rings. The Morgan fingerprint density at radius 1 is 1.28 bits per heavy atom. The Morgan fingerprint density at radius 2 is 1.97 bits per heavy atom. The van der Waals surface area contributed by atoms with Crippen LogP contribution in [-0.2, 0) is 11.3 Å². The second-order valence-electron chi connectivity index (χ2n) is 6.53. The number of rotatable bonds is 6. The van der Waals surface area contributed by atoms with Gasteiger partial charge in [0.25, 0.3) is 5.92 Å². The monoisotopic (exact) mass is 407 g/mol. The Balaban J connectivity index is 1.85. The maximum Gasteiger partial charge on any atom is 0.282 e. The van der Waals surface area contributed by atoms with Crippen LogP contribution in [0, 0.1) is 11.6 Å². The van der Waals surface area contributed by atoms with Gasteiger partial charge < -0.3 is 10.6 Å². The third kappa shape index (κ3) is 4.76. The molecule has 1 aliphatic rings. The summed E-state index contributed by atoms with van der Waals surface area (Å²) in [6, 6.07) is 5.97. The van der Waals surface area contributed by atoms with E-state index in [0.717, 1.165) is 11.1 Å². The van der Waals surface area contributed by atoms with Crippen LogP contribution in [0.2, 0.25) is 0 Å². The second-order valence-corrected chi connectivity index (χ2v) is 6.53. The van der Waals surface area contributed by atoms with Gasteiger partial charge in [-0.1, -0.05) is 18.2 Å². The van der Waals surface area contributed by atoms with E-state index < -0.39 is 36.4 Å². The minimum absolute atomic E-state index is 0.0595. The van der Waals surface area contributed by atoms with Crippen LogP contribution >= 0.6 is 0 Å². The van der Waals surface area contributed by atoms with Crippen molar-refractivity contribution in [1.29, 1.82) is 0 Å². The van der Waals surface area contributed by atoms with E-state index in [1.165, 1.54) is 31.2 Å². The molecule has 1 aromatic heterocycles. The first-order chi connectivity index (χ1) is 13.7. The number of carbonyl (C=O) groups excluding carboxylic acids is 1. The summed E-state index contributed by atoms with van der Waals surface area (Å²) >= 11 is 0. The van der Waals surface area contributed by atoms with Crippen LogP contribution in [0.25, 0.3) is 5.70 Å². The lowest BCUT2D eigenvalue weighted by molar-refractivity contribution is -0.111. The number of halogens is 4. The van der Waals surface area contributed by atoms with Crippen molar-refractivity contribution in [3.8, 4) is 0 Å². The molecular formula is C19H17F4N5O. The fraction of sp³-hybridized carbons (Fsp3) is 0.263. The number of allylic oxidation sites excluding steroid dienone is 1. The third-order valence-corrected chi connectivity index (χ3v) is 4.16. The van der Waals surface area contributed by atoms with Gasteiger partial charge in [0, 0.05) is 12.5 Å². The van der Waals surface area contributed by atoms with E-state index in [4.69, 9.17) is 5.73 Å². The Hall–Kier alpha value is -3.30. The van der Waals surface area contributed by atoms with Crippen LogP contribution in [-0.4, -0.2) is 40.5 Å². The first kappa shape index (κ1) is 20.4. The number of hydrogen-bond donors (Lipinski definition) is 1. The van der Waals surface area contributed by atoms with E-state index in [1.54, 1.807) is 6.07 Å². The normalized spacial score (nSPS) is 16.5. The van der Waals surface area contributed by atoms with E-state index in [2.05, 4.69) is 15.0 Å². The molecule has 0 saturated carbocycles. The molecule has 2 aromatic rings. The van der Waals surface area contributed by atoms with E-state index in [0.29, 0.717) is 0 Å². The molecule has 6 nitrogen and oxygen atoms in total. The Bertz CT molecular complexity index is 998. The molecule has 10 heteroatoms. The highest BCUT2D eigenvalue weighted by Crippen LogP contribution is 2.32. The van der Waals surface area contributed by atoms with Gasteiger partial charge in [-0.2, -0.15) is 0 Å². The first-order valence-electron chi connectivity index (χ1n) is 8.58. The number of anilines is 1. The lowest BCUT2D eigenvalue weighted by atomic mass is 10.1. The summed E-state index contributed by atoms with van der Waals surface area (Å²) in [7, 11) is 0. The van der Waals surface area contributed by atoms with E-state index >= 15 is 0 Å². The summed E-state index contributed by atoms with van der Waals surface area (Å²) in [6.45, 7) is -0.160. The van der Waals surface area contributed by atoms with Crippen molar-refractivity contribution < 1.29 is 22.4 Å². The van der Waals surface area contributed by atoms with Crippen molar-refractivity contribution in [3.63, 3.8) is 0 Å². The number of carbonyl (C=O) groups is 1. The third-order valence-electron chi connectivity index (χ3n) is 4.16. The average Bonchev–Trinajstić information content (AvgIpc) is 2.64. The first-order valence-corrected chi connectivity index (χ1v) is 8.58. The summed E-state index contributed by atoms with van der Waals surface area (Å²) < 4.78 is 53.7. The highest BCUT2D eigenvalue weighted by Gasteiger charge is 2.45. The molecule has 152 valence electrons. The molecule has 0 aliphatic carbocycles. The van der Waals surface area contributed by atoms with Crippen LogP contribution in [0.3, 0.4) is 0 Å². The van der Waals surface area contributed by atoms with Gasteiger partial charge in [-0.3, -0.25) is 9.79 Å². The highest BCUT2D eigenvalue weighted by molar-refractivity contribution is 6.44. The van der Waals surface area contributed by atoms with Crippen molar-refractivity contribution in [2.75, 3.05) is 18.0 Å². The highest BCUT2D eigenvalue weighted by atomic mass is 19.3. The molecule has 1 saturated heterocycles. The van der Waals surface area contributed by atoms with Gasteiger partial charge in [0.1, 0.15) is 11.5 Å². The molecule has 2 heterocycles. The molecule has 3 rings (SSSR count). The molecule has 1 aliphatic heterocycles. The number of benzene rings is 1. The van der Waals surface area contributed by atoms with Gasteiger partial charge in [0.05, 0.1) is 31.5 Å². The average molecular weight is 407 g/mol. The van der Waals surface area contributed by atoms with E-state index in [1.807, 2.05) is 0 Å². The lowest BCUT2D eigenvalue weighted by Gasteiger charge is -2.39. The molecule has 0 atom stereocenters. The number of hydrogen-bond acceptors (Lipinski definition) is 6. The zero-order valence-corrected chi connectivity index (χ0v) is 15.4. The number of nitrogens with zero attached hydrogens (tertiary/aromatic N) is 4. The molecule has 2 N–H and O–H groups in total. The summed E-state index contributed by atoms with van der Waals surface area (Å²) in [5.41, 5.74) is 6.02. The zero-order valence-electron chi connectivity index (χ0n) is 15.4. The smallest absolute Gasteiger partial charge is 0.282 e. The predicted molar refractivity (Wildman–Crippen MR) is 99.5 cm³/mol. The maximum absolute atomic E-state index is 13.9. The molecule has 0 amide bonds. The number of nitrogens with two attached hydrogens (primary N) is 1.